The average Bonchev–Trinajstić information content (AvgIpc) is 2.37. The van der Waals surface area contributed by atoms with Gasteiger partial charge in [-0.05, 0) is 19.1 Å². The maximum Gasteiger partial charge on any atom is 0.316 e. The third kappa shape index (κ3) is 2.27. The number of carbonyl (C=O) groups excluding carboxylic acids is 2. The number of carboxylic acids is 1. The first-order valence-electron chi connectivity index (χ1n) is 5.58. The number of carboxylic acid groups (broad SMARTS) is 1. The summed E-state index contributed by atoms with van der Waals surface area (Å²) in [4.78, 5) is 34.8. The number of aliphatic carboxylic acids is 1. The third-order valence-electron chi connectivity index (χ3n) is 2.77. The van der Waals surface area contributed by atoms with Crippen LogP contribution >= 0.6 is 11.8 Å². The van der Waals surface area contributed by atoms with E-state index in [4.69, 9.17) is 5.11 Å². The molecule has 6 nitrogen and oxygen atoms in total. The van der Waals surface area contributed by atoms with Crippen LogP contribution in [0.25, 0.3) is 0 Å². The van der Waals surface area contributed by atoms with E-state index in [0.29, 0.717) is 0 Å². The Morgan fingerprint density at radius 3 is 2.25 bits per heavy atom. The van der Waals surface area contributed by atoms with Gasteiger partial charge in [0.25, 0.3) is 0 Å². The Balaban J connectivity index is 2.48. The topological polar surface area (TPSA) is 112 Å². The number of aromatic hydroxyl groups is 2. The number of thioether (sulfide) groups is 1. The van der Waals surface area contributed by atoms with Crippen molar-refractivity contribution in [1.82, 2.24) is 0 Å². The van der Waals surface area contributed by atoms with E-state index in [0.717, 1.165) is 30.0 Å². The van der Waals surface area contributed by atoms with Gasteiger partial charge in [0, 0.05) is 6.08 Å². The van der Waals surface area contributed by atoms with Gasteiger partial charge in [0.1, 0.15) is 16.7 Å². The van der Waals surface area contributed by atoms with Crippen LogP contribution in [-0.2, 0) is 4.79 Å². The van der Waals surface area contributed by atoms with Crippen molar-refractivity contribution < 1.29 is 29.7 Å². The van der Waals surface area contributed by atoms with E-state index in [1.54, 1.807) is 0 Å². The molecule has 0 heterocycles. The van der Waals surface area contributed by atoms with Gasteiger partial charge >= 0.3 is 5.97 Å². The zero-order valence-electron chi connectivity index (χ0n) is 10.3. The van der Waals surface area contributed by atoms with Crippen LogP contribution in [0.2, 0.25) is 0 Å². The van der Waals surface area contributed by atoms with Crippen molar-refractivity contribution in [3.63, 3.8) is 0 Å². The van der Waals surface area contributed by atoms with Gasteiger partial charge < -0.3 is 15.3 Å². The highest BCUT2D eigenvalue weighted by Gasteiger charge is 2.32. The van der Waals surface area contributed by atoms with Crippen LogP contribution in [-0.4, -0.2) is 38.1 Å². The van der Waals surface area contributed by atoms with Gasteiger partial charge in [-0.1, -0.05) is 0 Å². The number of phenols is 2. The minimum absolute atomic E-state index is 0.0710. The molecule has 1 aliphatic carbocycles. The fourth-order valence-electron chi connectivity index (χ4n) is 1.77. The van der Waals surface area contributed by atoms with Crippen LogP contribution in [0, 0.1) is 0 Å². The molecular weight excluding hydrogens is 284 g/mol. The number of Topliss-reactive ketones (excluding diaryl/α,β-unsaturated/α-hetero) is 1. The lowest BCUT2D eigenvalue weighted by atomic mass is 9.93. The molecule has 1 aromatic rings. The second-order valence-electron chi connectivity index (χ2n) is 4.15. The van der Waals surface area contributed by atoms with Crippen LogP contribution < -0.4 is 0 Å². The van der Waals surface area contributed by atoms with E-state index >= 15 is 0 Å². The molecule has 0 saturated heterocycles. The van der Waals surface area contributed by atoms with E-state index in [1.807, 2.05) is 0 Å². The lowest BCUT2D eigenvalue weighted by Gasteiger charge is -2.17. The van der Waals surface area contributed by atoms with E-state index < -0.39 is 34.3 Å². The quantitative estimate of drug-likeness (QED) is 0.725. The van der Waals surface area contributed by atoms with Crippen molar-refractivity contribution in [2.75, 3.05) is 0 Å². The van der Waals surface area contributed by atoms with Crippen molar-refractivity contribution in [2.24, 2.45) is 0 Å². The highest BCUT2D eigenvalue weighted by Crippen LogP contribution is 2.38. The summed E-state index contributed by atoms with van der Waals surface area (Å²) in [5.74, 6) is -3.27. The number of hydrogen-bond acceptors (Lipinski definition) is 6. The molecule has 0 aromatic heterocycles. The first-order chi connectivity index (χ1) is 9.32. The maximum absolute atomic E-state index is 12.2. The fraction of sp³-hybridized carbons (Fsp3) is 0.154. The van der Waals surface area contributed by atoms with Gasteiger partial charge in [0.05, 0.1) is 16.0 Å². The van der Waals surface area contributed by atoms with E-state index in [-0.39, 0.29) is 16.0 Å². The first-order valence-corrected chi connectivity index (χ1v) is 6.46. The number of ketones is 2. The molecule has 1 atom stereocenters. The number of allylic oxidation sites excluding steroid dienone is 2. The van der Waals surface area contributed by atoms with Crippen molar-refractivity contribution in [1.29, 1.82) is 0 Å². The SMILES string of the molecule is C[C@H](SC1=CC(=O)c2c(O)ccc(O)c2C1=O)C(=O)O. The van der Waals surface area contributed by atoms with Crippen molar-refractivity contribution >= 4 is 29.3 Å². The summed E-state index contributed by atoms with van der Waals surface area (Å²) >= 11 is 0.717. The van der Waals surface area contributed by atoms with Crippen molar-refractivity contribution in [3.8, 4) is 11.5 Å². The third-order valence-corrected chi connectivity index (χ3v) is 3.88. The number of rotatable bonds is 3. The predicted octanol–water partition coefficient (Wildman–Crippen LogP) is 1.57. The summed E-state index contributed by atoms with van der Waals surface area (Å²) in [7, 11) is 0. The highest BCUT2D eigenvalue weighted by atomic mass is 32.2. The lowest BCUT2D eigenvalue weighted by Crippen LogP contribution is -2.19. The smallest absolute Gasteiger partial charge is 0.316 e. The Labute approximate surface area is 117 Å². The molecule has 0 bridgehead atoms. The minimum atomic E-state index is -1.12. The monoisotopic (exact) mass is 294 g/mol. The largest absolute Gasteiger partial charge is 0.507 e. The molecule has 104 valence electrons. The number of hydrogen-bond donors (Lipinski definition) is 3. The normalized spacial score (nSPS) is 15.6. The molecule has 3 N–H and O–H groups in total. The number of carbonyl (C=O) groups is 3. The van der Waals surface area contributed by atoms with Gasteiger partial charge in [-0.25, -0.2) is 0 Å². The first kappa shape index (κ1) is 14.1. The Kier molecular flexibility index (Phi) is 3.54. The number of benzene rings is 1. The molecule has 20 heavy (non-hydrogen) atoms. The molecule has 7 heteroatoms. The molecule has 0 amide bonds. The van der Waals surface area contributed by atoms with Crippen molar-refractivity contribution in [3.05, 3.63) is 34.2 Å². The van der Waals surface area contributed by atoms with Crippen LogP contribution in [0.1, 0.15) is 27.6 Å². The van der Waals surface area contributed by atoms with E-state index in [2.05, 4.69) is 0 Å². The minimum Gasteiger partial charge on any atom is -0.507 e. The molecule has 0 spiro atoms. The molecule has 0 aliphatic heterocycles. The molecule has 0 radical (unpaired) electrons. The maximum atomic E-state index is 12.2. The summed E-state index contributed by atoms with van der Waals surface area (Å²) < 4.78 is 0. The Bertz CT molecular complexity index is 661. The zero-order chi connectivity index (χ0) is 15.0. The van der Waals surface area contributed by atoms with Crippen LogP contribution in [0.15, 0.2) is 23.1 Å². The second kappa shape index (κ2) is 5.01. The van der Waals surface area contributed by atoms with Gasteiger partial charge in [0.15, 0.2) is 5.78 Å². The molecule has 2 rings (SSSR count). The van der Waals surface area contributed by atoms with Crippen molar-refractivity contribution in [2.45, 2.75) is 12.2 Å². The molecule has 1 aromatic carbocycles. The Morgan fingerprint density at radius 2 is 1.70 bits per heavy atom. The van der Waals surface area contributed by atoms with Crippen LogP contribution in [0.4, 0.5) is 0 Å². The lowest BCUT2D eigenvalue weighted by molar-refractivity contribution is -0.136. The van der Waals surface area contributed by atoms with Gasteiger partial charge in [0.2, 0.25) is 5.78 Å². The van der Waals surface area contributed by atoms with E-state index in [1.165, 1.54) is 6.92 Å². The predicted molar refractivity (Wildman–Crippen MR) is 71.2 cm³/mol. The number of phenolic OH excluding ortho intramolecular Hbond substituents is 2. The summed E-state index contributed by atoms with van der Waals surface area (Å²) in [5.41, 5.74) is -0.556. The fourth-order valence-corrected chi connectivity index (χ4v) is 2.63. The summed E-state index contributed by atoms with van der Waals surface area (Å²) in [6.07, 6.45) is 0.980. The number of fused-ring (bicyclic) bond motifs is 1. The van der Waals surface area contributed by atoms with Gasteiger partial charge in [-0.3, -0.25) is 14.4 Å². The molecule has 0 fully saturated rings. The summed E-state index contributed by atoms with van der Waals surface area (Å²) in [6, 6.07) is 2.22. The van der Waals surface area contributed by atoms with E-state index in [9.17, 15) is 24.6 Å². The van der Waals surface area contributed by atoms with Gasteiger partial charge in [-0.2, -0.15) is 0 Å². The summed E-state index contributed by atoms with van der Waals surface area (Å²) in [6.45, 7) is 1.38. The molecule has 1 aliphatic rings. The average molecular weight is 294 g/mol. The molecule has 0 saturated carbocycles. The molecular formula is C13H10O6S. The van der Waals surface area contributed by atoms with Crippen LogP contribution in [0.3, 0.4) is 0 Å². The Hall–Kier alpha value is -2.28. The molecule has 0 unspecified atom stereocenters. The zero-order valence-corrected chi connectivity index (χ0v) is 11.1. The summed E-state index contributed by atoms with van der Waals surface area (Å²) in [5, 5.41) is 27.2. The Morgan fingerprint density at radius 1 is 1.15 bits per heavy atom. The van der Waals surface area contributed by atoms with Crippen LogP contribution in [0.5, 0.6) is 11.5 Å². The van der Waals surface area contributed by atoms with Gasteiger partial charge in [-0.15, -0.1) is 11.8 Å². The second-order valence-corrected chi connectivity index (χ2v) is 5.54. The standard InChI is InChI=1S/C13H10O6S/c1-5(13(18)19)20-9-4-8(16)10-6(14)2-3-7(15)11(10)12(9)17/h2-5,14-15H,1H3,(H,18,19)/t5-/m0/s1. The highest BCUT2D eigenvalue weighted by molar-refractivity contribution is 8.05.